The fraction of sp³-hybridized carbons (Fsp3) is 0.222. The SMILES string of the molecule is CC1OC(=O)c2ccc(N)c(Br)c21. The summed E-state index contributed by atoms with van der Waals surface area (Å²) in [4.78, 5) is 11.3. The minimum Gasteiger partial charge on any atom is -0.454 e. The predicted molar refractivity (Wildman–Crippen MR) is 52.4 cm³/mol. The summed E-state index contributed by atoms with van der Waals surface area (Å²) in [6.45, 7) is 1.83. The van der Waals surface area contributed by atoms with E-state index in [0.29, 0.717) is 11.3 Å². The molecule has 0 radical (unpaired) electrons. The molecule has 0 bridgehead atoms. The maximum Gasteiger partial charge on any atom is 0.339 e. The Hall–Kier alpha value is -1.03. The maximum atomic E-state index is 11.3. The molecule has 0 aliphatic carbocycles. The molecule has 2 N–H and O–H groups in total. The van der Waals surface area contributed by atoms with E-state index in [-0.39, 0.29) is 12.1 Å². The van der Waals surface area contributed by atoms with Gasteiger partial charge in [-0.1, -0.05) is 0 Å². The van der Waals surface area contributed by atoms with Gasteiger partial charge in [0.2, 0.25) is 0 Å². The first-order valence-electron chi connectivity index (χ1n) is 3.90. The Morgan fingerprint density at radius 2 is 2.23 bits per heavy atom. The molecule has 1 aliphatic rings. The van der Waals surface area contributed by atoms with E-state index in [1.165, 1.54) is 0 Å². The monoisotopic (exact) mass is 241 g/mol. The lowest BCUT2D eigenvalue weighted by Crippen LogP contribution is -1.95. The lowest BCUT2D eigenvalue weighted by Gasteiger charge is -2.06. The number of carbonyl (C=O) groups excluding carboxylic acids is 1. The van der Waals surface area contributed by atoms with Gasteiger partial charge in [-0.25, -0.2) is 4.79 Å². The van der Waals surface area contributed by atoms with E-state index in [1.807, 2.05) is 6.92 Å². The summed E-state index contributed by atoms with van der Waals surface area (Å²) in [5.41, 5.74) is 7.77. The van der Waals surface area contributed by atoms with Gasteiger partial charge in [0.05, 0.1) is 5.56 Å². The van der Waals surface area contributed by atoms with Crippen molar-refractivity contribution in [1.82, 2.24) is 0 Å². The maximum absolute atomic E-state index is 11.3. The van der Waals surface area contributed by atoms with Gasteiger partial charge >= 0.3 is 5.97 Å². The molecule has 0 amide bonds. The number of carbonyl (C=O) groups is 1. The summed E-state index contributed by atoms with van der Waals surface area (Å²) in [5, 5.41) is 0. The molecule has 0 saturated carbocycles. The van der Waals surface area contributed by atoms with Crippen molar-refractivity contribution in [2.45, 2.75) is 13.0 Å². The Kier molecular flexibility index (Phi) is 1.80. The van der Waals surface area contributed by atoms with E-state index in [1.54, 1.807) is 12.1 Å². The summed E-state index contributed by atoms with van der Waals surface area (Å²) in [6, 6.07) is 3.39. The molecule has 0 spiro atoms. The largest absolute Gasteiger partial charge is 0.454 e. The first kappa shape index (κ1) is 8.56. The van der Waals surface area contributed by atoms with Crippen LogP contribution < -0.4 is 5.73 Å². The molecule has 4 heteroatoms. The molecule has 1 atom stereocenters. The Balaban J connectivity index is 2.70. The average Bonchev–Trinajstić information content (AvgIpc) is 2.35. The van der Waals surface area contributed by atoms with Gasteiger partial charge in [0.1, 0.15) is 6.10 Å². The molecule has 1 unspecified atom stereocenters. The number of halogens is 1. The van der Waals surface area contributed by atoms with Crippen molar-refractivity contribution in [3.05, 3.63) is 27.7 Å². The highest BCUT2D eigenvalue weighted by atomic mass is 79.9. The molecular weight excluding hydrogens is 234 g/mol. The number of nitrogen functional groups attached to an aromatic ring is 1. The highest BCUT2D eigenvalue weighted by Crippen LogP contribution is 2.38. The van der Waals surface area contributed by atoms with Gasteiger partial charge in [0.15, 0.2) is 0 Å². The van der Waals surface area contributed by atoms with Crippen LogP contribution in [0.5, 0.6) is 0 Å². The van der Waals surface area contributed by atoms with Crippen molar-refractivity contribution in [1.29, 1.82) is 0 Å². The van der Waals surface area contributed by atoms with Crippen LogP contribution in [-0.4, -0.2) is 5.97 Å². The van der Waals surface area contributed by atoms with Gasteiger partial charge in [0.25, 0.3) is 0 Å². The summed E-state index contributed by atoms with van der Waals surface area (Å²) in [5.74, 6) is -0.275. The van der Waals surface area contributed by atoms with Crippen molar-refractivity contribution < 1.29 is 9.53 Å². The molecule has 1 aromatic rings. The van der Waals surface area contributed by atoms with Crippen molar-refractivity contribution in [3.63, 3.8) is 0 Å². The highest BCUT2D eigenvalue weighted by Gasteiger charge is 2.30. The smallest absolute Gasteiger partial charge is 0.339 e. The van der Waals surface area contributed by atoms with Gasteiger partial charge in [-0.3, -0.25) is 0 Å². The van der Waals surface area contributed by atoms with Crippen LogP contribution in [-0.2, 0) is 4.74 Å². The third-order valence-electron chi connectivity index (χ3n) is 2.12. The molecule has 1 heterocycles. The summed E-state index contributed by atoms with van der Waals surface area (Å²) < 4.78 is 5.81. The number of fused-ring (bicyclic) bond motifs is 1. The molecule has 3 nitrogen and oxygen atoms in total. The number of anilines is 1. The van der Waals surface area contributed by atoms with E-state index in [9.17, 15) is 4.79 Å². The van der Waals surface area contributed by atoms with E-state index < -0.39 is 0 Å². The van der Waals surface area contributed by atoms with E-state index in [4.69, 9.17) is 10.5 Å². The minimum absolute atomic E-state index is 0.208. The molecule has 1 aliphatic heterocycles. The number of esters is 1. The van der Waals surface area contributed by atoms with Crippen LogP contribution in [0.3, 0.4) is 0 Å². The van der Waals surface area contributed by atoms with Crippen molar-refractivity contribution in [3.8, 4) is 0 Å². The van der Waals surface area contributed by atoms with Gasteiger partial charge in [-0.15, -0.1) is 0 Å². The molecule has 68 valence electrons. The second kappa shape index (κ2) is 2.73. The Bertz CT molecular complexity index is 389. The first-order valence-corrected chi connectivity index (χ1v) is 4.69. The number of benzene rings is 1. The summed E-state index contributed by atoms with van der Waals surface area (Å²) >= 11 is 3.34. The number of hydrogen-bond donors (Lipinski definition) is 1. The van der Waals surface area contributed by atoms with Crippen LogP contribution in [0, 0.1) is 0 Å². The van der Waals surface area contributed by atoms with Gasteiger partial charge < -0.3 is 10.5 Å². The zero-order chi connectivity index (χ0) is 9.59. The lowest BCUT2D eigenvalue weighted by atomic mass is 10.1. The van der Waals surface area contributed by atoms with E-state index in [2.05, 4.69) is 15.9 Å². The molecule has 0 aromatic heterocycles. The van der Waals surface area contributed by atoms with Crippen LogP contribution in [0.25, 0.3) is 0 Å². The highest BCUT2D eigenvalue weighted by molar-refractivity contribution is 9.10. The third-order valence-corrected chi connectivity index (χ3v) is 3.00. The van der Waals surface area contributed by atoms with Crippen molar-refractivity contribution in [2.24, 2.45) is 0 Å². The molecule has 2 rings (SSSR count). The zero-order valence-electron chi connectivity index (χ0n) is 7.00. The molecule has 13 heavy (non-hydrogen) atoms. The number of nitrogens with two attached hydrogens (primary N) is 1. The lowest BCUT2D eigenvalue weighted by molar-refractivity contribution is 0.0421. The fourth-order valence-electron chi connectivity index (χ4n) is 1.47. The Morgan fingerprint density at radius 1 is 1.54 bits per heavy atom. The van der Waals surface area contributed by atoms with Crippen molar-refractivity contribution >= 4 is 27.6 Å². The first-order chi connectivity index (χ1) is 6.11. The van der Waals surface area contributed by atoms with E-state index >= 15 is 0 Å². The topological polar surface area (TPSA) is 52.3 Å². The van der Waals surface area contributed by atoms with Crippen LogP contribution in [0.2, 0.25) is 0 Å². The Morgan fingerprint density at radius 3 is 2.92 bits per heavy atom. The number of ether oxygens (including phenoxy) is 1. The average molecular weight is 242 g/mol. The van der Waals surface area contributed by atoms with Crippen LogP contribution in [0.4, 0.5) is 5.69 Å². The standard InChI is InChI=1S/C9H8BrNO2/c1-4-7-5(9(12)13-4)2-3-6(11)8(7)10/h2-4H,11H2,1H3. The number of rotatable bonds is 0. The normalized spacial score (nSPS) is 19.8. The fourth-order valence-corrected chi connectivity index (χ4v) is 2.14. The third kappa shape index (κ3) is 1.13. The molecule has 0 saturated heterocycles. The molecule has 0 fully saturated rings. The quantitative estimate of drug-likeness (QED) is 0.560. The number of cyclic esters (lactones) is 1. The minimum atomic E-state index is -0.275. The van der Waals surface area contributed by atoms with Gasteiger partial charge in [-0.05, 0) is 35.0 Å². The van der Waals surface area contributed by atoms with Crippen LogP contribution >= 0.6 is 15.9 Å². The zero-order valence-corrected chi connectivity index (χ0v) is 8.59. The van der Waals surface area contributed by atoms with Gasteiger partial charge in [-0.2, -0.15) is 0 Å². The number of hydrogen-bond acceptors (Lipinski definition) is 3. The van der Waals surface area contributed by atoms with E-state index in [0.717, 1.165) is 10.0 Å². The predicted octanol–water partition coefficient (Wildman–Crippen LogP) is 2.26. The summed E-state index contributed by atoms with van der Waals surface area (Å²) in [7, 11) is 0. The second-order valence-corrected chi connectivity index (χ2v) is 3.77. The Labute approximate surface area is 84.0 Å². The molecule has 1 aromatic carbocycles. The second-order valence-electron chi connectivity index (χ2n) is 2.98. The van der Waals surface area contributed by atoms with Crippen molar-refractivity contribution in [2.75, 3.05) is 5.73 Å². The van der Waals surface area contributed by atoms with Crippen LogP contribution in [0.1, 0.15) is 28.9 Å². The molecular formula is C9H8BrNO2. The van der Waals surface area contributed by atoms with Crippen LogP contribution in [0.15, 0.2) is 16.6 Å². The summed E-state index contributed by atoms with van der Waals surface area (Å²) in [6.07, 6.45) is -0.208. The van der Waals surface area contributed by atoms with Gasteiger partial charge in [0, 0.05) is 15.7 Å².